The molecule has 0 unspecified atom stereocenters. The van der Waals surface area contributed by atoms with E-state index < -0.39 is 0 Å². The predicted molar refractivity (Wildman–Crippen MR) is 90.0 cm³/mol. The monoisotopic (exact) mass is 388 g/mol. The molecule has 0 amide bonds. The third-order valence-corrected chi connectivity index (χ3v) is 5.35. The highest BCUT2D eigenvalue weighted by molar-refractivity contribution is 9.11. The molecule has 0 aliphatic carbocycles. The topological polar surface area (TPSA) is 17.8 Å². The number of imidazole rings is 1. The first-order valence-electron chi connectivity index (χ1n) is 6.13. The van der Waals surface area contributed by atoms with Crippen LogP contribution in [0.5, 0.6) is 0 Å². The van der Waals surface area contributed by atoms with Crippen LogP contribution in [0, 0.1) is 0 Å². The molecular formula is C14H11BrCl2N2S. The molecular weight excluding hydrogens is 379 g/mol. The SMILES string of the molecule is ClCc1nc2cccc(Cl)c2n1CCc1ccc(Br)s1. The van der Waals surface area contributed by atoms with Crippen LogP contribution in [0.1, 0.15) is 10.7 Å². The second kappa shape index (κ2) is 6.06. The van der Waals surface area contributed by atoms with Crippen molar-refractivity contribution in [1.82, 2.24) is 9.55 Å². The zero-order valence-corrected chi connectivity index (χ0v) is 14.4. The van der Waals surface area contributed by atoms with E-state index in [1.54, 1.807) is 11.3 Å². The van der Waals surface area contributed by atoms with Gasteiger partial charge in [0.05, 0.1) is 25.7 Å². The van der Waals surface area contributed by atoms with E-state index in [0.717, 1.165) is 38.6 Å². The van der Waals surface area contributed by atoms with E-state index in [2.05, 4.69) is 37.6 Å². The smallest absolute Gasteiger partial charge is 0.124 e. The van der Waals surface area contributed by atoms with Gasteiger partial charge in [-0.2, -0.15) is 0 Å². The fraction of sp³-hybridized carbons (Fsp3) is 0.214. The average Bonchev–Trinajstić information content (AvgIpc) is 3.00. The van der Waals surface area contributed by atoms with Crippen LogP contribution < -0.4 is 0 Å². The van der Waals surface area contributed by atoms with Crippen LogP contribution in [0.15, 0.2) is 34.1 Å². The summed E-state index contributed by atoms with van der Waals surface area (Å²) in [5.74, 6) is 1.25. The quantitative estimate of drug-likeness (QED) is 0.539. The summed E-state index contributed by atoms with van der Waals surface area (Å²) in [5.41, 5.74) is 1.88. The second-order valence-electron chi connectivity index (χ2n) is 4.38. The highest BCUT2D eigenvalue weighted by Gasteiger charge is 2.12. The Labute approximate surface area is 139 Å². The van der Waals surface area contributed by atoms with Crippen molar-refractivity contribution in [2.24, 2.45) is 0 Å². The Morgan fingerprint density at radius 3 is 2.80 bits per heavy atom. The Kier molecular flexibility index (Phi) is 4.36. The van der Waals surface area contributed by atoms with Gasteiger partial charge in [-0.15, -0.1) is 22.9 Å². The van der Waals surface area contributed by atoms with Crippen molar-refractivity contribution in [2.45, 2.75) is 18.8 Å². The molecule has 0 saturated carbocycles. The van der Waals surface area contributed by atoms with E-state index in [1.165, 1.54) is 4.88 Å². The lowest BCUT2D eigenvalue weighted by Crippen LogP contribution is -2.04. The molecule has 0 spiro atoms. The molecule has 0 N–H and O–H groups in total. The van der Waals surface area contributed by atoms with Gasteiger partial charge in [0.15, 0.2) is 0 Å². The number of aromatic nitrogens is 2. The molecule has 0 radical (unpaired) electrons. The highest BCUT2D eigenvalue weighted by atomic mass is 79.9. The van der Waals surface area contributed by atoms with Crippen molar-refractivity contribution in [3.05, 3.63) is 49.8 Å². The number of rotatable bonds is 4. The van der Waals surface area contributed by atoms with Crippen molar-refractivity contribution in [3.8, 4) is 0 Å². The van der Waals surface area contributed by atoms with E-state index in [-0.39, 0.29) is 0 Å². The summed E-state index contributed by atoms with van der Waals surface area (Å²) >= 11 is 17.6. The van der Waals surface area contributed by atoms with Crippen LogP contribution in [0.2, 0.25) is 5.02 Å². The summed E-state index contributed by atoms with van der Waals surface area (Å²) in [6.45, 7) is 0.829. The third-order valence-electron chi connectivity index (χ3n) is 3.13. The first kappa shape index (κ1) is 14.4. The molecule has 20 heavy (non-hydrogen) atoms. The Hall–Kier alpha value is -0.550. The van der Waals surface area contributed by atoms with Gasteiger partial charge in [0.25, 0.3) is 0 Å². The molecule has 0 aliphatic rings. The van der Waals surface area contributed by atoms with Gasteiger partial charge in [0.2, 0.25) is 0 Å². The van der Waals surface area contributed by atoms with Crippen molar-refractivity contribution < 1.29 is 0 Å². The van der Waals surface area contributed by atoms with Crippen LogP contribution >= 0.6 is 50.5 Å². The largest absolute Gasteiger partial charge is 0.325 e. The van der Waals surface area contributed by atoms with Crippen molar-refractivity contribution in [2.75, 3.05) is 0 Å². The van der Waals surface area contributed by atoms with Crippen LogP contribution in [0.4, 0.5) is 0 Å². The maximum atomic E-state index is 6.31. The molecule has 0 bridgehead atoms. The summed E-state index contributed by atoms with van der Waals surface area (Å²) < 4.78 is 3.27. The Morgan fingerprint density at radius 1 is 1.25 bits per heavy atom. The van der Waals surface area contributed by atoms with Crippen LogP contribution in [0.25, 0.3) is 11.0 Å². The molecule has 2 nitrogen and oxygen atoms in total. The van der Waals surface area contributed by atoms with E-state index in [0.29, 0.717) is 5.88 Å². The second-order valence-corrected chi connectivity index (χ2v) is 7.60. The molecule has 3 rings (SSSR count). The molecule has 0 fully saturated rings. The first-order chi connectivity index (χ1) is 9.69. The lowest BCUT2D eigenvalue weighted by molar-refractivity contribution is 0.693. The molecule has 2 aromatic heterocycles. The minimum absolute atomic E-state index is 0.388. The molecule has 2 heterocycles. The van der Waals surface area contributed by atoms with E-state index >= 15 is 0 Å². The number of para-hydroxylation sites is 1. The summed E-state index contributed by atoms with van der Waals surface area (Å²) in [5, 5.41) is 0.721. The van der Waals surface area contributed by atoms with Gasteiger partial charge >= 0.3 is 0 Å². The number of benzene rings is 1. The van der Waals surface area contributed by atoms with Crippen LogP contribution in [-0.2, 0) is 18.8 Å². The molecule has 1 aromatic carbocycles. The van der Waals surface area contributed by atoms with Gasteiger partial charge in [0, 0.05) is 11.4 Å². The first-order valence-corrected chi connectivity index (χ1v) is 8.65. The summed E-state index contributed by atoms with van der Waals surface area (Å²) in [6.07, 6.45) is 0.941. The molecule has 104 valence electrons. The molecule has 3 aromatic rings. The summed E-state index contributed by atoms with van der Waals surface area (Å²) in [4.78, 5) is 5.88. The Bertz CT molecular complexity index is 751. The van der Waals surface area contributed by atoms with Gasteiger partial charge in [0.1, 0.15) is 5.82 Å². The standard InChI is InChI=1S/C14H11BrCl2N2S/c15-12-5-4-9(20-12)6-7-19-13(8-16)18-11-3-1-2-10(17)14(11)19/h1-5H,6-8H2. The molecule has 0 saturated heterocycles. The molecule has 6 heteroatoms. The fourth-order valence-electron chi connectivity index (χ4n) is 2.24. The third kappa shape index (κ3) is 2.75. The van der Waals surface area contributed by atoms with Crippen molar-refractivity contribution in [1.29, 1.82) is 0 Å². The summed E-state index contributed by atoms with van der Waals surface area (Å²) in [6, 6.07) is 9.98. The normalized spacial score (nSPS) is 11.3. The minimum Gasteiger partial charge on any atom is -0.325 e. The number of alkyl halides is 1. The van der Waals surface area contributed by atoms with Crippen LogP contribution in [0.3, 0.4) is 0 Å². The number of fused-ring (bicyclic) bond motifs is 1. The number of halogens is 3. The number of nitrogens with zero attached hydrogens (tertiary/aromatic N) is 2. The van der Waals surface area contributed by atoms with Gasteiger partial charge in [-0.3, -0.25) is 0 Å². The van der Waals surface area contributed by atoms with Crippen LogP contribution in [-0.4, -0.2) is 9.55 Å². The number of hydrogen-bond donors (Lipinski definition) is 0. The number of aryl methyl sites for hydroxylation is 2. The van der Waals surface area contributed by atoms with E-state index in [1.807, 2.05) is 18.2 Å². The van der Waals surface area contributed by atoms with Gasteiger partial charge in [-0.25, -0.2) is 4.98 Å². The predicted octanol–water partition coefficient (Wildman–Crippen LogP) is 5.50. The Balaban J connectivity index is 1.97. The van der Waals surface area contributed by atoms with E-state index in [4.69, 9.17) is 23.2 Å². The number of thiophene rings is 1. The summed E-state index contributed by atoms with van der Waals surface area (Å²) in [7, 11) is 0. The highest BCUT2D eigenvalue weighted by Crippen LogP contribution is 2.27. The lowest BCUT2D eigenvalue weighted by Gasteiger charge is -2.07. The van der Waals surface area contributed by atoms with Gasteiger partial charge in [-0.1, -0.05) is 17.7 Å². The number of hydrogen-bond acceptors (Lipinski definition) is 2. The maximum absolute atomic E-state index is 6.31. The van der Waals surface area contributed by atoms with E-state index in [9.17, 15) is 0 Å². The Morgan fingerprint density at radius 2 is 2.10 bits per heavy atom. The molecule has 0 atom stereocenters. The zero-order chi connectivity index (χ0) is 14.1. The van der Waals surface area contributed by atoms with Crippen molar-refractivity contribution >= 4 is 61.5 Å². The van der Waals surface area contributed by atoms with Gasteiger partial charge < -0.3 is 4.57 Å². The lowest BCUT2D eigenvalue weighted by atomic mass is 10.3. The molecule has 0 aliphatic heterocycles. The fourth-order valence-corrected chi connectivity index (χ4v) is 4.19. The maximum Gasteiger partial charge on any atom is 0.124 e. The van der Waals surface area contributed by atoms with Crippen molar-refractivity contribution in [3.63, 3.8) is 0 Å². The zero-order valence-electron chi connectivity index (χ0n) is 10.4. The van der Waals surface area contributed by atoms with Gasteiger partial charge in [-0.05, 0) is 46.6 Å². The minimum atomic E-state index is 0.388. The average molecular weight is 390 g/mol.